The Labute approximate surface area is 150 Å². The van der Waals surface area contributed by atoms with Crippen LogP contribution in [0.2, 0.25) is 0 Å². The molecule has 0 spiro atoms. The smallest absolute Gasteiger partial charge is 0.407 e. The molecular formula is C19H31FN2O3. The van der Waals surface area contributed by atoms with Crippen molar-refractivity contribution in [1.29, 1.82) is 0 Å². The fourth-order valence-corrected chi connectivity index (χ4v) is 2.61. The number of alkyl carbamates (subject to hydrolysis) is 1. The van der Waals surface area contributed by atoms with E-state index < -0.39 is 17.5 Å². The molecule has 3 N–H and O–H groups in total. The van der Waals surface area contributed by atoms with Gasteiger partial charge >= 0.3 is 6.09 Å². The number of benzene rings is 1. The Kier molecular flexibility index (Phi) is 7.67. The summed E-state index contributed by atoms with van der Waals surface area (Å²) in [5.74, 6) is -0.142. The van der Waals surface area contributed by atoms with Crippen LogP contribution >= 0.6 is 0 Å². The molecular weight excluding hydrogens is 323 g/mol. The van der Waals surface area contributed by atoms with Gasteiger partial charge in [-0.2, -0.15) is 0 Å². The van der Waals surface area contributed by atoms with E-state index in [1.807, 2.05) is 27.7 Å². The first-order chi connectivity index (χ1) is 11.5. The molecule has 2 atom stereocenters. The van der Waals surface area contributed by atoms with E-state index in [9.17, 15) is 14.3 Å². The SMILES string of the molecule is CC(C)CC(CNC(=O)OC(C)(C)C)NC(C)c1ccc(O)cc1F. The maximum atomic E-state index is 14.0. The monoisotopic (exact) mass is 354 g/mol. The molecule has 1 rings (SSSR count). The topological polar surface area (TPSA) is 70.6 Å². The molecule has 6 heteroatoms. The minimum Gasteiger partial charge on any atom is -0.508 e. The zero-order chi connectivity index (χ0) is 19.2. The van der Waals surface area contributed by atoms with E-state index in [0.717, 1.165) is 12.5 Å². The number of halogens is 1. The van der Waals surface area contributed by atoms with Crippen molar-refractivity contribution >= 4 is 6.09 Å². The van der Waals surface area contributed by atoms with Gasteiger partial charge in [0.05, 0.1) is 0 Å². The van der Waals surface area contributed by atoms with Crippen LogP contribution in [0.5, 0.6) is 5.75 Å². The quantitative estimate of drug-likeness (QED) is 0.689. The Morgan fingerprint density at radius 1 is 1.28 bits per heavy atom. The first-order valence-electron chi connectivity index (χ1n) is 8.69. The standard InChI is InChI=1S/C19H31FN2O3/c1-12(2)9-14(11-21-18(24)25-19(4,5)6)22-13(3)16-8-7-15(23)10-17(16)20/h7-8,10,12-14,22-23H,9,11H2,1-6H3,(H,21,24). The Balaban J connectivity index is 2.70. The minimum atomic E-state index is -0.548. The third-order valence-corrected chi connectivity index (χ3v) is 3.58. The number of aromatic hydroxyl groups is 1. The van der Waals surface area contributed by atoms with Crippen molar-refractivity contribution in [1.82, 2.24) is 10.6 Å². The second-order valence-electron chi connectivity index (χ2n) is 7.80. The first kappa shape index (κ1) is 21.2. The summed E-state index contributed by atoms with van der Waals surface area (Å²) in [6, 6.07) is 3.84. The Bertz CT molecular complexity index is 570. The lowest BCUT2D eigenvalue weighted by Gasteiger charge is -2.26. The highest BCUT2D eigenvalue weighted by Gasteiger charge is 2.20. The highest BCUT2D eigenvalue weighted by Crippen LogP contribution is 2.22. The van der Waals surface area contributed by atoms with Crippen molar-refractivity contribution in [3.8, 4) is 5.75 Å². The lowest BCUT2D eigenvalue weighted by Crippen LogP contribution is -2.44. The van der Waals surface area contributed by atoms with E-state index in [1.165, 1.54) is 6.07 Å². The molecule has 0 aliphatic heterocycles. The van der Waals surface area contributed by atoms with E-state index in [2.05, 4.69) is 24.5 Å². The summed E-state index contributed by atoms with van der Waals surface area (Å²) in [6.45, 7) is 11.9. The van der Waals surface area contributed by atoms with Crippen LogP contribution in [0.25, 0.3) is 0 Å². The molecule has 1 amide bonds. The van der Waals surface area contributed by atoms with E-state index >= 15 is 0 Å². The van der Waals surface area contributed by atoms with E-state index in [-0.39, 0.29) is 17.8 Å². The van der Waals surface area contributed by atoms with E-state index in [0.29, 0.717) is 18.0 Å². The average molecular weight is 354 g/mol. The van der Waals surface area contributed by atoms with Crippen LogP contribution in [0.3, 0.4) is 0 Å². The van der Waals surface area contributed by atoms with E-state index in [4.69, 9.17) is 4.74 Å². The Morgan fingerprint density at radius 3 is 2.44 bits per heavy atom. The fraction of sp³-hybridized carbons (Fsp3) is 0.632. The molecule has 142 valence electrons. The number of phenols is 1. The average Bonchev–Trinajstić information content (AvgIpc) is 2.42. The second kappa shape index (κ2) is 9.04. The van der Waals surface area contributed by atoms with E-state index in [1.54, 1.807) is 6.07 Å². The maximum absolute atomic E-state index is 14.0. The van der Waals surface area contributed by atoms with Crippen molar-refractivity contribution < 1.29 is 19.0 Å². The zero-order valence-electron chi connectivity index (χ0n) is 16.0. The van der Waals surface area contributed by atoms with Crippen LogP contribution < -0.4 is 10.6 Å². The maximum Gasteiger partial charge on any atom is 0.407 e. The van der Waals surface area contributed by atoms with Crippen LogP contribution in [-0.4, -0.2) is 29.4 Å². The third-order valence-electron chi connectivity index (χ3n) is 3.58. The van der Waals surface area contributed by atoms with Crippen molar-refractivity contribution in [3.63, 3.8) is 0 Å². The van der Waals surface area contributed by atoms with Gasteiger partial charge < -0.3 is 20.5 Å². The van der Waals surface area contributed by atoms with Gasteiger partial charge in [0.1, 0.15) is 17.2 Å². The summed E-state index contributed by atoms with van der Waals surface area (Å²) in [7, 11) is 0. The normalized spacial score (nSPS) is 14.2. The number of amides is 1. The number of hydrogen-bond acceptors (Lipinski definition) is 4. The zero-order valence-corrected chi connectivity index (χ0v) is 16.0. The summed E-state index contributed by atoms with van der Waals surface area (Å²) in [4.78, 5) is 11.8. The largest absolute Gasteiger partial charge is 0.508 e. The summed E-state index contributed by atoms with van der Waals surface area (Å²) >= 11 is 0. The van der Waals surface area contributed by atoms with Gasteiger partial charge in [0.15, 0.2) is 0 Å². The lowest BCUT2D eigenvalue weighted by atomic mass is 10.0. The molecule has 0 radical (unpaired) electrons. The molecule has 25 heavy (non-hydrogen) atoms. The molecule has 0 aromatic heterocycles. The fourth-order valence-electron chi connectivity index (χ4n) is 2.61. The van der Waals surface area contributed by atoms with Crippen LogP contribution in [-0.2, 0) is 4.74 Å². The highest BCUT2D eigenvalue weighted by molar-refractivity contribution is 5.67. The highest BCUT2D eigenvalue weighted by atomic mass is 19.1. The van der Waals surface area contributed by atoms with Crippen molar-refractivity contribution in [2.75, 3.05) is 6.54 Å². The Hall–Kier alpha value is -1.82. The van der Waals surface area contributed by atoms with Crippen LogP contribution in [0.15, 0.2) is 18.2 Å². The lowest BCUT2D eigenvalue weighted by molar-refractivity contribution is 0.0520. The Morgan fingerprint density at radius 2 is 1.92 bits per heavy atom. The summed E-state index contributed by atoms with van der Waals surface area (Å²) in [6.07, 6.45) is 0.353. The summed E-state index contributed by atoms with van der Waals surface area (Å²) in [5, 5.41) is 15.5. The van der Waals surface area contributed by atoms with Crippen LogP contribution in [0.4, 0.5) is 9.18 Å². The van der Waals surface area contributed by atoms with Gasteiger partial charge in [-0.3, -0.25) is 0 Å². The molecule has 0 heterocycles. The van der Waals surface area contributed by atoms with Gasteiger partial charge in [0.2, 0.25) is 0 Å². The van der Waals surface area contributed by atoms with Crippen molar-refractivity contribution in [2.24, 2.45) is 5.92 Å². The molecule has 0 bridgehead atoms. The second-order valence-corrected chi connectivity index (χ2v) is 7.80. The van der Waals surface area contributed by atoms with Gasteiger partial charge in [-0.1, -0.05) is 19.9 Å². The third kappa shape index (κ3) is 8.20. The van der Waals surface area contributed by atoms with Gasteiger partial charge in [0.25, 0.3) is 0 Å². The number of nitrogens with one attached hydrogen (secondary N) is 2. The number of phenolic OH excluding ortho intramolecular Hbond substituents is 1. The number of rotatable bonds is 7. The predicted molar refractivity (Wildman–Crippen MR) is 97.1 cm³/mol. The molecule has 0 saturated carbocycles. The minimum absolute atomic E-state index is 0.0317. The van der Waals surface area contributed by atoms with Gasteiger partial charge in [-0.15, -0.1) is 0 Å². The molecule has 5 nitrogen and oxygen atoms in total. The predicted octanol–water partition coefficient (Wildman–Crippen LogP) is 4.12. The molecule has 1 aromatic rings. The summed E-state index contributed by atoms with van der Waals surface area (Å²) < 4.78 is 19.3. The molecule has 0 aliphatic carbocycles. The number of carbonyl (C=O) groups is 1. The number of carbonyl (C=O) groups excluding carboxylic acids is 1. The van der Waals surface area contributed by atoms with Crippen LogP contribution in [0.1, 0.15) is 59.6 Å². The van der Waals surface area contributed by atoms with Gasteiger partial charge in [-0.05, 0) is 46.1 Å². The number of hydrogen-bond donors (Lipinski definition) is 3. The molecule has 0 aliphatic rings. The number of ether oxygens (including phenoxy) is 1. The molecule has 0 saturated heterocycles. The van der Waals surface area contributed by atoms with Gasteiger partial charge in [-0.25, -0.2) is 9.18 Å². The summed E-state index contributed by atoms with van der Waals surface area (Å²) in [5.41, 5.74) is -0.0723. The van der Waals surface area contributed by atoms with Crippen molar-refractivity contribution in [2.45, 2.75) is 65.6 Å². The first-order valence-corrected chi connectivity index (χ1v) is 8.69. The van der Waals surface area contributed by atoms with Gasteiger partial charge in [0, 0.05) is 30.3 Å². The molecule has 2 unspecified atom stereocenters. The molecule has 1 aromatic carbocycles. The van der Waals surface area contributed by atoms with Crippen molar-refractivity contribution in [3.05, 3.63) is 29.6 Å². The van der Waals surface area contributed by atoms with Crippen LogP contribution in [0, 0.1) is 11.7 Å². The molecule has 0 fully saturated rings.